The van der Waals surface area contributed by atoms with Crippen molar-refractivity contribution in [2.24, 2.45) is 0 Å². The van der Waals surface area contributed by atoms with Gasteiger partial charge in [0.2, 0.25) is 5.95 Å². The highest BCUT2D eigenvalue weighted by atomic mass is 19.4. The SMILES string of the molecule is CCCOc1ccc(Nc2ncc(C(F)(F)F)c(Nc3ccc(C)cc3)n2)cc1. The molecule has 0 amide bonds. The fourth-order valence-electron chi connectivity index (χ4n) is 2.50. The molecule has 0 spiro atoms. The molecule has 8 heteroatoms. The van der Waals surface area contributed by atoms with E-state index in [9.17, 15) is 13.2 Å². The van der Waals surface area contributed by atoms with E-state index < -0.39 is 11.7 Å². The van der Waals surface area contributed by atoms with Crippen molar-refractivity contribution in [1.82, 2.24) is 9.97 Å². The van der Waals surface area contributed by atoms with E-state index in [4.69, 9.17) is 4.74 Å². The van der Waals surface area contributed by atoms with Gasteiger partial charge in [-0.1, -0.05) is 24.6 Å². The third kappa shape index (κ3) is 5.60. The highest BCUT2D eigenvalue weighted by molar-refractivity contribution is 5.63. The molecule has 2 N–H and O–H groups in total. The number of alkyl halides is 3. The molecule has 5 nitrogen and oxygen atoms in total. The monoisotopic (exact) mass is 402 g/mol. The number of nitrogens with zero attached hydrogens (tertiary/aromatic N) is 2. The van der Waals surface area contributed by atoms with Crippen molar-refractivity contribution < 1.29 is 17.9 Å². The molecular formula is C21H21F3N4O. The molecule has 0 aliphatic carbocycles. The van der Waals surface area contributed by atoms with E-state index in [0.717, 1.165) is 18.2 Å². The summed E-state index contributed by atoms with van der Waals surface area (Å²) in [5.41, 5.74) is 1.20. The number of hydrogen-bond donors (Lipinski definition) is 2. The number of benzene rings is 2. The largest absolute Gasteiger partial charge is 0.494 e. The number of rotatable bonds is 7. The molecule has 0 atom stereocenters. The van der Waals surface area contributed by atoms with Crippen molar-refractivity contribution >= 4 is 23.1 Å². The Hall–Kier alpha value is -3.29. The number of nitrogens with one attached hydrogen (secondary N) is 2. The predicted molar refractivity (Wildman–Crippen MR) is 107 cm³/mol. The Morgan fingerprint density at radius 2 is 1.55 bits per heavy atom. The summed E-state index contributed by atoms with van der Waals surface area (Å²) in [4.78, 5) is 7.85. The number of anilines is 4. The second-order valence-electron chi connectivity index (χ2n) is 6.44. The van der Waals surface area contributed by atoms with Crippen LogP contribution >= 0.6 is 0 Å². The van der Waals surface area contributed by atoms with Gasteiger partial charge in [0.25, 0.3) is 0 Å². The summed E-state index contributed by atoms with van der Waals surface area (Å²) in [5, 5.41) is 5.65. The van der Waals surface area contributed by atoms with E-state index in [1.807, 2.05) is 13.8 Å². The Labute approximate surface area is 167 Å². The minimum atomic E-state index is -4.58. The maximum absolute atomic E-state index is 13.4. The molecule has 0 bridgehead atoms. The van der Waals surface area contributed by atoms with Gasteiger partial charge in [0.1, 0.15) is 17.1 Å². The number of halogens is 3. The molecule has 152 valence electrons. The molecule has 2 aromatic carbocycles. The summed E-state index contributed by atoms with van der Waals surface area (Å²) in [7, 11) is 0. The van der Waals surface area contributed by atoms with E-state index in [-0.39, 0.29) is 11.8 Å². The molecule has 29 heavy (non-hydrogen) atoms. The van der Waals surface area contributed by atoms with Gasteiger partial charge in [0, 0.05) is 17.6 Å². The zero-order valence-corrected chi connectivity index (χ0v) is 16.0. The predicted octanol–water partition coefficient (Wildman–Crippen LogP) is 6.08. The van der Waals surface area contributed by atoms with Crippen molar-refractivity contribution in [3.8, 4) is 5.75 Å². The van der Waals surface area contributed by atoms with Crippen molar-refractivity contribution in [3.63, 3.8) is 0 Å². The number of aryl methyl sites for hydroxylation is 1. The zero-order chi connectivity index (χ0) is 20.9. The van der Waals surface area contributed by atoms with Crippen LogP contribution in [0.25, 0.3) is 0 Å². The van der Waals surface area contributed by atoms with Crippen molar-refractivity contribution in [2.45, 2.75) is 26.4 Å². The first-order chi connectivity index (χ1) is 13.8. The normalized spacial score (nSPS) is 11.2. The van der Waals surface area contributed by atoms with Gasteiger partial charge < -0.3 is 15.4 Å². The highest BCUT2D eigenvalue weighted by Crippen LogP contribution is 2.35. The Morgan fingerprint density at radius 1 is 0.931 bits per heavy atom. The smallest absolute Gasteiger partial charge is 0.421 e. The molecule has 0 radical (unpaired) electrons. The van der Waals surface area contributed by atoms with Crippen LogP contribution in [0, 0.1) is 6.92 Å². The highest BCUT2D eigenvalue weighted by Gasteiger charge is 2.35. The molecule has 0 unspecified atom stereocenters. The molecular weight excluding hydrogens is 381 g/mol. The quantitative estimate of drug-likeness (QED) is 0.502. The molecule has 0 aliphatic rings. The van der Waals surface area contributed by atoms with Gasteiger partial charge in [0.05, 0.1) is 6.61 Å². The van der Waals surface area contributed by atoms with E-state index in [2.05, 4.69) is 20.6 Å². The fraction of sp³-hybridized carbons (Fsp3) is 0.238. The van der Waals surface area contributed by atoms with Crippen LogP contribution in [0.2, 0.25) is 0 Å². The summed E-state index contributed by atoms with van der Waals surface area (Å²) in [6.45, 7) is 4.53. The average Bonchev–Trinajstić information content (AvgIpc) is 2.68. The van der Waals surface area contributed by atoms with Gasteiger partial charge in [-0.25, -0.2) is 4.98 Å². The van der Waals surface area contributed by atoms with Crippen LogP contribution < -0.4 is 15.4 Å². The summed E-state index contributed by atoms with van der Waals surface area (Å²) in [6.07, 6.45) is -2.91. The maximum Gasteiger partial charge on any atom is 0.421 e. The van der Waals surface area contributed by atoms with Gasteiger partial charge >= 0.3 is 6.18 Å². The van der Waals surface area contributed by atoms with Crippen LogP contribution in [0.4, 0.5) is 36.3 Å². The molecule has 1 aromatic heterocycles. The summed E-state index contributed by atoms with van der Waals surface area (Å²) in [5.74, 6) is 0.448. The first-order valence-electron chi connectivity index (χ1n) is 9.13. The van der Waals surface area contributed by atoms with Crippen LogP contribution in [-0.2, 0) is 6.18 Å². The lowest BCUT2D eigenvalue weighted by atomic mass is 10.2. The minimum Gasteiger partial charge on any atom is -0.494 e. The summed E-state index contributed by atoms with van der Waals surface area (Å²) >= 11 is 0. The second-order valence-corrected chi connectivity index (χ2v) is 6.44. The lowest BCUT2D eigenvalue weighted by Crippen LogP contribution is -2.12. The average molecular weight is 402 g/mol. The lowest BCUT2D eigenvalue weighted by molar-refractivity contribution is -0.137. The Kier molecular flexibility index (Phi) is 6.21. The maximum atomic E-state index is 13.4. The number of aromatic nitrogens is 2. The van der Waals surface area contributed by atoms with Crippen LogP contribution in [0.5, 0.6) is 5.75 Å². The van der Waals surface area contributed by atoms with Gasteiger partial charge in [-0.15, -0.1) is 0 Å². The van der Waals surface area contributed by atoms with E-state index >= 15 is 0 Å². The Bertz CT molecular complexity index is 942. The third-order valence-corrected chi connectivity index (χ3v) is 3.99. The summed E-state index contributed by atoms with van der Waals surface area (Å²) in [6, 6.07) is 14.0. The van der Waals surface area contributed by atoms with Gasteiger partial charge in [-0.3, -0.25) is 0 Å². The Balaban J connectivity index is 1.83. The van der Waals surface area contributed by atoms with Crippen molar-refractivity contribution in [3.05, 3.63) is 65.9 Å². The Morgan fingerprint density at radius 3 is 2.17 bits per heavy atom. The van der Waals surface area contributed by atoms with Crippen molar-refractivity contribution in [1.29, 1.82) is 0 Å². The molecule has 0 saturated carbocycles. The molecule has 3 rings (SSSR count). The van der Waals surface area contributed by atoms with Crippen LogP contribution in [0.1, 0.15) is 24.5 Å². The second kappa shape index (κ2) is 8.81. The number of hydrogen-bond acceptors (Lipinski definition) is 5. The fourth-order valence-corrected chi connectivity index (χ4v) is 2.50. The molecule has 0 aliphatic heterocycles. The molecule has 1 heterocycles. The number of ether oxygens (including phenoxy) is 1. The summed E-state index contributed by atoms with van der Waals surface area (Å²) < 4.78 is 45.6. The van der Waals surface area contributed by atoms with Crippen LogP contribution in [-0.4, -0.2) is 16.6 Å². The first kappa shape index (κ1) is 20.4. The van der Waals surface area contributed by atoms with E-state index in [0.29, 0.717) is 23.7 Å². The minimum absolute atomic E-state index is 0.0508. The molecule has 3 aromatic rings. The van der Waals surface area contributed by atoms with E-state index in [1.165, 1.54) is 0 Å². The van der Waals surface area contributed by atoms with Crippen LogP contribution in [0.15, 0.2) is 54.7 Å². The van der Waals surface area contributed by atoms with Gasteiger partial charge in [-0.05, 0) is 49.7 Å². The lowest BCUT2D eigenvalue weighted by Gasteiger charge is -2.15. The molecule has 0 fully saturated rings. The van der Waals surface area contributed by atoms with E-state index in [1.54, 1.807) is 48.5 Å². The van der Waals surface area contributed by atoms with Gasteiger partial charge in [-0.2, -0.15) is 18.2 Å². The molecule has 0 saturated heterocycles. The standard InChI is InChI=1S/C21H21F3N4O/c1-3-12-29-17-10-8-16(9-11-17)27-20-25-13-18(21(22,23)24)19(28-20)26-15-6-4-14(2)5-7-15/h4-11,13H,3,12H2,1-2H3,(H2,25,26,27,28). The van der Waals surface area contributed by atoms with Crippen LogP contribution in [0.3, 0.4) is 0 Å². The zero-order valence-electron chi connectivity index (χ0n) is 16.0. The van der Waals surface area contributed by atoms with Crippen molar-refractivity contribution in [2.75, 3.05) is 17.2 Å². The topological polar surface area (TPSA) is 59.1 Å². The van der Waals surface area contributed by atoms with Gasteiger partial charge in [0.15, 0.2) is 0 Å². The third-order valence-electron chi connectivity index (χ3n) is 3.99. The first-order valence-corrected chi connectivity index (χ1v) is 9.13.